The number of alkyl halides is 3. The SMILES string of the molecule is COCC1(CNC(=O)N2C[C@@H](C(F)(F)F)[C@H](C(=O)O)C2)CCCC1. The second-order valence-corrected chi connectivity index (χ2v) is 6.80. The van der Waals surface area contributed by atoms with E-state index in [9.17, 15) is 22.8 Å². The number of nitrogens with zero attached hydrogens (tertiary/aromatic N) is 1. The fraction of sp³-hybridized carbons (Fsp3) is 0.867. The summed E-state index contributed by atoms with van der Waals surface area (Å²) in [5.41, 5.74) is -0.181. The van der Waals surface area contributed by atoms with Crippen LogP contribution in [0.2, 0.25) is 0 Å². The first-order valence-electron chi connectivity index (χ1n) is 8.00. The second kappa shape index (κ2) is 7.16. The van der Waals surface area contributed by atoms with Crippen molar-refractivity contribution in [2.75, 3.05) is 33.4 Å². The van der Waals surface area contributed by atoms with Crippen molar-refractivity contribution in [1.82, 2.24) is 10.2 Å². The van der Waals surface area contributed by atoms with Gasteiger partial charge in [-0.05, 0) is 12.8 Å². The molecule has 138 valence electrons. The molecule has 1 heterocycles. The van der Waals surface area contributed by atoms with Gasteiger partial charge in [-0.25, -0.2) is 4.79 Å². The van der Waals surface area contributed by atoms with E-state index in [0.29, 0.717) is 13.2 Å². The molecule has 2 fully saturated rings. The van der Waals surface area contributed by atoms with Crippen molar-refractivity contribution in [3.63, 3.8) is 0 Å². The summed E-state index contributed by atoms with van der Waals surface area (Å²) < 4.78 is 44.1. The largest absolute Gasteiger partial charge is 0.481 e. The predicted molar refractivity (Wildman–Crippen MR) is 78.4 cm³/mol. The number of carbonyl (C=O) groups is 2. The Labute approximate surface area is 138 Å². The Bertz CT molecular complexity index is 478. The number of likely N-dealkylation sites (tertiary alicyclic amines) is 1. The number of methoxy groups -OCH3 is 1. The molecule has 1 saturated carbocycles. The van der Waals surface area contributed by atoms with Gasteiger partial charge < -0.3 is 20.1 Å². The molecule has 0 aromatic heterocycles. The standard InChI is InChI=1S/C15H23F3N2O4/c1-24-9-14(4-2-3-5-14)8-19-13(23)20-6-10(12(21)22)11(7-20)15(16,17)18/h10-11H,2-9H2,1H3,(H,19,23)(H,21,22)/t10-,11-/m1/s1. The summed E-state index contributed by atoms with van der Waals surface area (Å²) in [6.07, 6.45) is -0.796. The number of urea groups is 1. The zero-order chi connectivity index (χ0) is 18.0. The van der Waals surface area contributed by atoms with Crippen LogP contribution in [0.4, 0.5) is 18.0 Å². The molecular formula is C15H23F3N2O4. The van der Waals surface area contributed by atoms with Crippen molar-refractivity contribution in [3.05, 3.63) is 0 Å². The van der Waals surface area contributed by atoms with Crippen molar-refractivity contribution in [2.45, 2.75) is 31.9 Å². The molecule has 9 heteroatoms. The zero-order valence-electron chi connectivity index (χ0n) is 13.6. The maximum atomic E-state index is 13.0. The summed E-state index contributed by atoms with van der Waals surface area (Å²) in [7, 11) is 1.58. The number of rotatable bonds is 5. The molecular weight excluding hydrogens is 329 g/mol. The lowest BCUT2D eigenvalue weighted by Gasteiger charge is -2.29. The number of nitrogens with one attached hydrogen (secondary N) is 1. The van der Waals surface area contributed by atoms with Gasteiger partial charge >= 0.3 is 18.2 Å². The zero-order valence-corrected chi connectivity index (χ0v) is 13.6. The Kier molecular flexibility index (Phi) is 5.62. The van der Waals surface area contributed by atoms with Gasteiger partial charge in [-0.1, -0.05) is 12.8 Å². The van der Waals surface area contributed by atoms with Crippen LogP contribution in [-0.2, 0) is 9.53 Å². The van der Waals surface area contributed by atoms with Crippen LogP contribution in [-0.4, -0.2) is 61.5 Å². The van der Waals surface area contributed by atoms with Crippen molar-refractivity contribution in [1.29, 1.82) is 0 Å². The number of carboxylic acids is 1. The molecule has 0 spiro atoms. The molecule has 0 unspecified atom stereocenters. The average molecular weight is 352 g/mol. The first kappa shape index (κ1) is 18.8. The number of hydrogen-bond acceptors (Lipinski definition) is 3. The molecule has 2 amide bonds. The predicted octanol–water partition coefficient (Wildman–Crippen LogP) is 2.10. The highest BCUT2D eigenvalue weighted by molar-refractivity contribution is 5.77. The number of halogens is 3. The van der Waals surface area contributed by atoms with Crippen molar-refractivity contribution < 1.29 is 32.6 Å². The van der Waals surface area contributed by atoms with Gasteiger partial charge in [0.15, 0.2) is 0 Å². The molecule has 0 aromatic rings. The van der Waals surface area contributed by atoms with Crippen LogP contribution in [0.15, 0.2) is 0 Å². The Morgan fingerprint density at radius 2 is 1.92 bits per heavy atom. The van der Waals surface area contributed by atoms with E-state index < -0.39 is 43.1 Å². The lowest BCUT2D eigenvalue weighted by molar-refractivity contribution is -0.187. The van der Waals surface area contributed by atoms with E-state index in [2.05, 4.69) is 5.32 Å². The maximum Gasteiger partial charge on any atom is 0.394 e. The van der Waals surface area contributed by atoms with Crippen LogP contribution < -0.4 is 5.32 Å². The van der Waals surface area contributed by atoms with Gasteiger partial charge in [-0.3, -0.25) is 4.79 Å². The van der Waals surface area contributed by atoms with Gasteiger partial charge in [0.2, 0.25) is 0 Å². The Hall–Kier alpha value is -1.51. The van der Waals surface area contributed by atoms with E-state index in [1.54, 1.807) is 7.11 Å². The summed E-state index contributed by atoms with van der Waals surface area (Å²) in [5, 5.41) is 11.7. The number of carbonyl (C=O) groups excluding carboxylic acids is 1. The molecule has 2 aliphatic rings. The van der Waals surface area contributed by atoms with E-state index in [1.807, 2.05) is 0 Å². The summed E-state index contributed by atoms with van der Waals surface area (Å²) in [4.78, 5) is 24.2. The van der Waals surface area contributed by atoms with Crippen molar-refractivity contribution >= 4 is 12.0 Å². The summed E-state index contributed by atoms with van der Waals surface area (Å²) >= 11 is 0. The first-order valence-corrected chi connectivity index (χ1v) is 8.00. The van der Waals surface area contributed by atoms with Crippen LogP contribution in [0.3, 0.4) is 0 Å². The highest BCUT2D eigenvalue weighted by Crippen LogP contribution is 2.39. The second-order valence-electron chi connectivity index (χ2n) is 6.80. The van der Waals surface area contributed by atoms with E-state index >= 15 is 0 Å². The minimum absolute atomic E-state index is 0.181. The highest BCUT2D eigenvalue weighted by atomic mass is 19.4. The lowest BCUT2D eigenvalue weighted by Crippen LogP contribution is -2.45. The maximum absolute atomic E-state index is 13.0. The van der Waals surface area contributed by atoms with Gasteiger partial charge in [0.05, 0.1) is 18.4 Å². The van der Waals surface area contributed by atoms with E-state index in [-0.39, 0.29) is 5.41 Å². The number of hydrogen-bond donors (Lipinski definition) is 2. The van der Waals surface area contributed by atoms with E-state index in [0.717, 1.165) is 30.6 Å². The number of ether oxygens (including phenoxy) is 1. The quantitative estimate of drug-likeness (QED) is 0.794. The van der Waals surface area contributed by atoms with Gasteiger partial charge in [0, 0.05) is 32.2 Å². The molecule has 2 N–H and O–H groups in total. The van der Waals surface area contributed by atoms with E-state index in [1.165, 1.54) is 0 Å². The molecule has 0 radical (unpaired) electrons. The van der Waals surface area contributed by atoms with Crippen LogP contribution >= 0.6 is 0 Å². The third kappa shape index (κ3) is 4.12. The van der Waals surface area contributed by atoms with Crippen LogP contribution in [0.25, 0.3) is 0 Å². The monoisotopic (exact) mass is 352 g/mol. The molecule has 1 saturated heterocycles. The van der Waals surface area contributed by atoms with Gasteiger partial charge in [0.25, 0.3) is 0 Å². The molecule has 24 heavy (non-hydrogen) atoms. The van der Waals surface area contributed by atoms with Crippen molar-refractivity contribution in [3.8, 4) is 0 Å². The third-order valence-corrected chi connectivity index (χ3v) is 5.07. The number of aliphatic carboxylic acids is 1. The van der Waals surface area contributed by atoms with Crippen LogP contribution in [0.1, 0.15) is 25.7 Å². The Morgan fingerprint density at radius 3 is 2.38 bits per heavy atom. The molecule has 6 nitrogen and oxygen atoms in total. The Morgan fingerprint density at radius 1 is 1.29 bits per heavy atom. The third-order valence-electron chi connectivity index (χ3n) is 5.07. The van der Waals surface area contributed by atoms with Crippen molar-refractivity contribution in [2.24, 2.45) is 17.3 Å². The Balaban J connectivity index is 1.96. The smallest absolute Gasteiger partial charge is 0.394 e. The van der Waals surface area contributed by atoms with Crippen LogP contribution in [0.5, 0.6) is 0 Å². The van der Waals surface area contributed by atoms with Crippen LogP contribution in [0, 0.1) is 17.3 Å². The fourth-order valence-corrected chi connectivity index (χ4v) is 3.73. The normalized spacial score (nSPS) is 26.6. The lowest BCUT2D eigenvalue weighted by atomic mass is 9.87. The average Bonchev–Trinajstić information content (AvgIpc) is 3.12. The topological polar surface area (TPSA) is 78.9 Å². The molecule has 2 atom stereocenters. The van der Waals surface area contributed by atoms with Gasteiger partial charge in [-0.2, -0.15) is 13.2 Å². The minimum Gasteiger partial charge on any atom is -0.481 e. The number of carboxylic acid groups (broad SMARTS) is 1. The van der Waals surface area contributed by atoms with E-state index in [4.69, 9.17) is 9.84 Å². The summed E-state index contributed by atoms with van der Waals surface area (Å²) in [6, 6.07) is -0.643. The molecule has 1 aliphatic carbocycles. The van der Waals surface area contributed by atoms with Gasteiger partial charge in [0.1, 0.15) is 0 Å². The summed E-state index contributed by atoms with van der Waals surface area (Å²) in [6.45, 7) is -0.243. The minimum atomic E-state index is -4.64. The summed E-state index contributed by atoms with van der Waals surface area (Å²) in [5.74, 6) is -5.17. The van der Waals surface area contributed by atoms with Gasteiger partial charge in [-0.15, -0.1) is 0 Å². The highest BCUT2D eigenvalue weighted by Gasteiger charge is 2.53. The molecule has 2 rings (SSSR count). The first-order chi connectivity index (χ1) is 11.2. The fourth-order valence-electron chi connectivity index (χ4n) is 3.73. The molecule has 0 aromatic carbocycles. The molecule has 0 bridgehead atoms. The number of amides is 2. The molecule has 1 aliphatic heterocycles.